The Morgan fingerprint density at radius 3 is 2.88 bits per heavy atom. The highest BCUT2D eigenvalue weighted by Gasteiger charge is 2.04. The molecular formula is C12H17N3O. The molecule has 2 N–H and O–H groups in total. The van der Waals surface area contributed by atoms with Gasteiger partial charge in [-0.25, -0.2) is 4.98 Å². The topological polar surface area (TPSA) is 49.9 Å². The summed E-state index contributed by atoms with van der Waals surface area (Å²) in [7, 11) is 0. The van der Waals surface area contributed by atoms with Crippen molar-refractivity contribution < 1.29 is 4.74 Å². The van der Waals surface area contributed by atoms with E-state index in [9.17, 15) is 0 Å². The summed E-state index contributed by atoms with van der Waals surface area (Å²) in [6.45, 7) is 4.98. The number of fused-ring (bicyclic) bond motifs is 1. The molecule has 0 bridgehead atoms. The van der Waals surface area contributed by atoms with Gasteiger partial charge < -0.3 is 15.0 Å². The number of nitrogens with one attached hydrogen (secondary N) is 2. The highest BCUT2D eigenvalue weighted by molar-refractivity contribution is 5.73. The molecule has 1 unspecified atom stereocenters. The van der Waals surface area contributed by atoms with Crippen molar-refractivity contribution in [1.82, 2.24) is 15.3 Å². The molecule has 1 saturated heterocycles. The number of para-hydroxylation sites is 2. The Bertz CT molecular complexity index is 391. The van der Waals surface area contributed by atoms with E-state index in [0.717, 1.165) is 30.7 Å². The van der Waals surface area contributed by atoms with E-state index in [4.69, 9.17) is 4.74 Å². The molecule has 1 aromatic heterocycles. The van der Waals surface area contributed by atoms with Crippen molar-refractivity contribution in [3.8, 4) is 0 Å². The van der Waals surface area contributed by atoms with E-state index in [1.54, 1.807) is 6.33 Å². The van der Waals surface area contributed by atoms with Crippen molar-refractivity contribution in [2.24, 2.45) is 0 Å². The third kappa shape index (κ3) is 3.05. The van der Waals surface area contributed by atoms with E-state index >= 15 is 0 Å². The first kappa shape index (κ1) is 11.1. The highest BCUT2D eigenvalue weighted by Crippen LogP contribution is 2.05. The van der Waals surface area contributed by atoms with Crippen LogP contribution in [0.3, 0.4) is 0 Å². The Morgan fingerprint density at radius 2 is 2.25 bits per heavy atom. The van der Waals surface area contributed by atoms with Gasteiger partial charge in [0.15, 0.2) is 0 Å². The molecule has 1 fully saturated rings. The Balaban J connectivity index is 0.000000125. The van der Waals surface area contributed by atoms with Crippen LogP contribution >= 0.6 is 0 Å². The van der Waals surface area contributed by atoms with Crippen LogP contribution in [-0.4, -0.2) is 35.8 Å². The van der Waals surface area contributed by atoms with E-state index < -0.39 is 0 Å². The molecule has 2 aromatic rings. The smallest absolute Gasteiger partial charge is 0.0931 e. The number of rotatable bonds is 0. The maximum atomic E-state index is 5.22. The predicted molar refractivity (Wildman–Crippen MR) is 64.4 cm³/mol. The number of aromatic nitrogens is 2. The first-order valence-corrected chi connectivity index (χ1v) is 5.56. The quantitative estimate of drug-likeness (QED) is 0.707. The molecule has 2 heterocycles. The Labute approximate surface area is 95.0 Å². The molecule has 1 aliphatic rings. The zero-order valence-electron chi connectivity index (χ0n) is 9.44. The maximum Gasteiger partial charge on any atom is 0.0931 e. The Hall–Kier alpha value is -1.39. The fraction of sp³-hybridized carbons (Fsp3) is 0.417. The normalized spacial score (nSPS) is 20.2. The lowest BCUT2D eigenvalue weighted by atomic mass is 10.3. The summed E-state index contributed by atoms with van der Waals surface area (Å²) in [5.41, 5.74) is 2.12. The van der Waals surface area contributed by atoms with Crippen molar-refractivity contribution in [1.29, 1.82) is 0 Å². The zero-order chi connectivity index (χ0) is 11.2. The van der Waals surface area contributed by atoms with Crippen LogP contribution in [0.1, 0.15) is 6.92 Å². The number of ether oxygens (including phenoxy) is 1. The second-order valence-corrected chi connectivity index (χ2v) is 3.81. The van der Waals surface area contributed by atoms with Crippen LogP contribution in [0.25, 0.3) is 11.0 Å². The number of hydrogen-bond donors (Lipinski definition) is 2. The summed E-state index contributed by atoms with van der Waals surface area (Å²) >= 11 is 0. The zero-order valence-corrected chi connectivity index (χ0v) is 9.44. The lowest BCUT2D eigenvalue weighted by molar-refractivity contribution is 0.0410. The van der Waals surface area contributed by atoms with Crippen LogP contribution in [0.4, 0.5) is 0 Å². The summed E-state index contributed by atoms with van der Waals surface area (Å²) in [6, 6.07) is 7.94. The van der Waals surface area contributed by atoms with Crippen LogP contribution in [0.2, 0.25) is 0 Å². The minimum absolute atomic E-state index is 0.425. The largest absolute Gasteiger partial charge is 0.376 e. The van der Waals surface area contributed by atoms with Gasteiger partial charge in [-0.15, -0.1) is 0 Å². The second kappa shape index (κ2) is 5.63. The van der Waals surface area contributed by atoms with Gasteiger partial charge in [0.1, 0.15) is 0 Å². The van der Waals surface area contributed by atoms with Crippen LogP contribution in [0.15, 0.2) is 30.6 Å². The standard InChI is InChI=1S/C7H6N2.C5H11NO/c1-2-4-7-6(3-1)8-5-9-7;1-5-4-6-2-3-7-5/h1-5H,(H,8,9);5-6H,2-4H2,1H3. The molecule has 0 saturated carbocycles. The van der Waals surface area contributed by atoms with E-state index in [1.165, 1.54) is 0 Å². The minimum atomic E-state index is 0.425. The molecule has 0 spiro atoms. The fourth-order valence-corrected chi connectivity index (χ4v) is 1.58. The number of nitrogens with zero attached hydrogens (tertiary/aromatic N) is 1. The second-order valence-electron chi connectivity index (χ2n) is 3.81. The summed E-state index contributed by atoms with van der Waals surface area (Å²) < 4.78 is 5.22. The van der Waals surface area contributed by atoms with Gasteiger partial charge in [0, 0.05) is 13.1 Å². The van der Waals surface area contributed by atoms with Gasteiger partial charge in [0.05, 0.1) is 30.1 Å². The number of benzene rings is 1. The van der Waals surface area contributed by atoms with Gasteiger partial charge >= 0.3 is 0 Å². The number of hydrogen-bond acceptors (Lipinski definition) is 3. The van der Waals surface area contributed by atoms with Gasteiger partial charge in [-0.05, 0) is 19.1 Å². The third-order valence-corrected chi connectivity index (χ3v) is 2.44. The van der Waals surface area contributed by atoms with Crippen molar-refractivity contribution >= 4 is 11.0 Å². The van der Waals surface area contributed by atoms with Crippen molar-refractivity contribution in [3.05, 3.63) is 30.6 Å². The van der Waals surface area contributed by atoms with Gasteiger partial charge in [-0.1, -0.05) is 12.1 Å². The van der Waals surface area contributed by atoms with E-state index in [2.05, 4.69) is 22.2 Å². The molecule has 1 aliphatic heterocycles. The average molecular weight is 219 g/mol. The third-order valence-electron chi connectivity index (χ3n) is 2.44. The number of imidazole rings is 1. The molecule has 86 valence electrons. The summed E-state index contributed by atoms with van der Waals surface area (Å²) in [5.74, 6) is 0. The number of morpholine rings is 1. The first-order chi connectivity index (χ1) is 7.86. The molecule has 1 atom stereocenters. The van der Waals surface area contributed by atoms with Gasteiger partial charge in [-0.3, -0.25) is 0 Å². The highest BCUT2D eigenvalue weighted by atomic mass is 16.5. The lowest BCUT2D eigenvalue weighted by Crippen LogP contribution is -2.36. The van der Waals surface area contributed by atoms with Gasteiger partial charge in [-0.2, -0.15) is 0 Å². The fourth-order valence-electron chi connectivity index (χ4n) is 1.58. The average Bonchev–Trinajstić information content (AvgIpc) is 2.79. The van der Waals surface area contributed by atoms with E-state index in [1.807, 2.05) is 24.3 Å². The number of aromatic amines is 1. The Kier molecular flexibility index (Phi) is 3.91. The first-order valence-electron chi connectivity index (χ1n) is 5.56. The Morgan fingerprint density at radius 1 is 1.38 bits per heavy atom. The minimum Gasteiger partial charge on any atom is -0.376 e. The maximum absolute atomic E-state index is 5.22. The van der Waals surface area contributed by atoms with Crippen molar-refractivity contribution in [2.75, 3.05) is 19.7 Å². The van der Waals surface area contributed by atoms with Crippen molar-refractivity contribution in [3.63, 3.8) is 0 Å². The summed E-state index contributed by atoms with van der Waals surface area (Å²) in [6.07, 6.45) is 2.12. The molecule has 4 heteroatoms. The van der Waals surface area contributed by atoms with E-state index in [0.29, 0.717) is 6.10 Å². The molecule has 0 amide bonds. The van der Waals surface area contributed by atoms with Crippen LogP contribution in [0, 0.1) is 0 Å². The molecule has 0 aliphatic carbocycles. The summed E-state index contributed by atoms with van der Waals surface area (Å²) in [5, 5.41) is 3.21. The lowest BCUT2D eigenvalue weighted by Gasteiger charge is -2.18. The monoisotopic (exact) mass is 219 g/mol. The molecule has 3 rings (SSSR count). The van der Waals surface area contributed by atoms with Crippen LogP contribution in [-0.2, 0) is 4.74 Å². The van der Waals surface area contributed by atoms with Crippen LogP contribution < -0.4 is 5.32 Å². The molecule has 16 heavy (non-hydrogen) atoms. The van der Waals surface area contributed by atoms with Gasteiger partial charge in [0.2, 0.25) is 0 Å². The predicted octanol–water partition coefficient (Wildman–Crippen LogP) is 1.56. The number of H-pyrrole nitrogens is 1. The molecular weight excluding hydrogens is 202 g/mol. The van der Waals surface area contributed by atoms with Crippen LogP contribution in [0.5, 0.6) is 0 Å². The van der Waals surface area contributed by atoms with Gasteiger partial charge in [0.25, 0.3) is 0 Å². The molecule has 4 nitrogen and oxygen atoms in total. The molecule has 1 aromatic carbocycles. The summed E-state index contributed by atoms with van der Waals surface area (Å²) in [4.78, 5) is 7.07. The molecule has 0 radical (unpaired) electrons. The SMILES string of the molecule is CC1CNCCO1.c1ccc2[nH]cnc2c1. The van der Waals surface area contributed by atoms with E-state index in [-0.39, 0.29) is 0 Å². The van der Waals surface area contributed by atoms with Crippen molar-refractivity contribution in [2.45, 2.75) is 13.0 Å².